The van der Waals surface area contributed by atoms with Crippen molar-refractivity contribution in [3.05, 3.63) is 35.9 Å². The van der Waals surface area contributed by atoms with Crippen molar-refractivity contribution in [1.29, 1.82) is 0 Å². The molecule has 0 unspecified atom stereocenters. The van der Waals surface area contributed by atoms with Gasteiger partial charge in [0.25, 0.3) is 0 Å². The van der Waals surface area contributed by atoms with Crippen LogP contribution in [0.4, 0.5) is 13.2 Å². The molecule has 0 saturated carbocycles. The van der Waals surface area contributed by atoms with Gasteiger partial charge in [-0.1, -0.05) is 30.3 Å². The van der Waals surface area contributed by atoms with Crippen molar-refractivity contribution in [2.75, 3.05) is 19.7 Å². The largest absolute Gasteiger partial charge is 0.490 e. The molecule has 0 aliphatic carbocycles. The first kappa shape index (κ1) is 20.2. The van der Waals surface area contributed by atoms with Gasteiger partial charge in [-0.05, 0) is 31.5 Å². The zero-order valence-electron chi connectivity index (χ0n) is 14.0. The van der Waals surface area contributed by atoms with Crippen molar-refractivity contribution in [2.45, 2.75) is 31.5 Å². The van der Waals surface area contributed by atoms with E-state index in [1.807, 2.05) is 18.2 Å². The third-order valence-electron chi connectivity index (χ3n) is 4.24. The minimum absolute atomic E-state index is 0.0867. The lowest BCUT2D eigenvalue weighted by molar-refractivity contribution is -0.192. The Morgan fingerprint density at radius 2 is 1.69 bits per heavy atom. The average Bonchev–Trinajstić information content (AvgIpc) is 3.12. The number of benzene rings is 1. The van der Waals surface area contributed by atoms with Crippen molar-refractivity contribution >= 4 is 11.9 Å². The average molecular weight is 374 g/mol. The van der Waals surface area contributed by atoms with Crippen LogP contribution in [-0.4, -0.2) is 47.9 Å². The zero-order valence-corrected chi connectivity index (χ0v) is 14.0. The molecule has 0 bridgehead atoms. The highest BCUT2D eigenvalue weighted by atomic mass is 19.4. The third kappa shape index (κ3) is 5.43. The van der Waals surface area contributed by atoms with E-state index in [2.05, 4.69) is 17.4 Å². The fourth-order valence-corrected chi connectivity index (χ4v) is 2.91. The van der Waals surface area contributed by atoms with Gasteiger partial charge in [-0.25, -0.2) is 9.86 Å². The van der Waals surface area contributed by atoms with E-state index in [0.29, 0.717) is 6.61 Å². The Hall–Kier alpha value is -2.13. The molecule has 2 heterocycles. The van der Waals surface area contributed by atoms with E-state index in [0.717, 1.165) is 32.4 Å². The van der Waals surface area contributed by atoms with Crippen LogP contribution in [0, 0.1) is 5.92 Å². The first-order valence-electron chi connectivity index (χ1n) is 8.32. The molecule has 0 spiro atoms. The first-order valence-corrected chi connectivity index (χ1v) is 8.32. The number of rotatable bonds is 2. The van der Waals surface area contributed by atoms with Crippen LogP contribution in [0.1, 0.15) is 30.9 Å². The molecular formula is C17H21F3N2O4. The third-order valence-corrected chi connectivity index (χ3v) is 4.24. The van der Waals surface area contributed by atoms with Gasteiger partial charge in [0, 0.05) is 12.3 Å². The minimum atomic E-state index is -5.08. The molecule has 2 N–H and O–H groups in total. The summed E-state index contributed by atoms with van der Waals surface area (Å²) in [5.74, 6) is -2.48. The lowest BCUT2D eigenvalue weighted by Crippen LogP contribution is -2.40. The van der Waals surface area contributed by atoms with Crippen molar-refractivity contribution in [2.24, 2.45) is 5.92 Å². The summed E-state index contributed by atoms with van der Waals surface area (Å²) in [7, 11) is 0. The Morgan fingerprint density at radius 1 is 1.12 bits per heavy atom. The molecule has 1 aromatic carbocycles. The summed E-state index contributed by atoms with van der Waals surface area (Å²) in [6, 6.07) is 10.3. The smallest absolute Gasteiger partial charge is 0.475 e. The second-order valence-electron chi connectivity index (χ2n) is 6.04. The summed E-state index contributed by atoms with van der Waals surface area (Å²) in [5, 5.41) is 12.0. The monoisotopic (exact) mass is 374 g/mol. The van der Waals surface area contributed by atoms with Gasteiger partial charge in [0.05, 0.1) is 12.6 Å². The van der Waals surface area contributed by atoms with Gasteiger partial charge in [0.2, 0.25) is 5.91 Å². The van der Waals surface area contributed by atoms with E-state index in [1.54, 1.807) is 5.06 Å². The molecule has 9 heteroatoms. The van der Waals surface area contributed by atoms with Gasteiger partial charge in [0.1, 0.15) is 0 Å². The van der Waals surface area contributed by atoms with Crippen LogP contribution < -0.4 is 5.32 Å². The Kier molecular flexibility index (Phi) is 6.98. The molecule has 6 nitrogen and oxygen atoms in total. The summed E-state index contributed by atoms with van der Waals surface area (Å²) in [6.45, 7) is 2.50. The predicted octanol–water partition coefficient (Wildman–Crippen LogP) is 2.52. The van der Waals surface area contributed by atoms with Gasteiger partial charge in [-0.3, -0.25) is 9.63 Å². The van der Waals surface area contributed by atoms with Gasteiger partial charge >= 0.3 is 12.1 Å². The van der Waals surface area contributed by atoms with Crippen molar-refractivity contribution < 1.29 is 32.7 Å². The summed E-state index contributed by atoms with van der Waals surface area (Å²) in [4.78, 5) is 27.1. The van der Waals surface area contributed by atoms with Crippen molar-refractivity contribution in [3.8, 4) is 0 Å². The van der Waals surface area contributed by atoms with E-state index in [4.69, 9.17) is 14.7 Å². The Balaban J connectivity index is 0.000000298. The lowest BCUT2D eigenvalue weighted by Gasteiger charge is -2.29. The highest BCUT2D eigenvalue weighted by Gasteiger charge is 2.38. The number of carboxylic acid groups (broad SMARTS) is 1. The number of amides is 1. The second-order valence-corrected chi connectivity index (χ2v) is 6.04. The lowest BCUT2D eigenvalue weighted by atomic mass is 9.95. The topological polar surface area (TPSA) is 78.9 Å². The number of carbonyl (C=O) groups is 2. The van der Waals surface area contributed by atoms with Crippen LogP contribution in [0.3, 0.4) is 0 Å². The molecular weight excluding hydrogens is 353 g/mol. The number of alkyl halides is 3. The molecule has 0 radical (unpaired) electrons. The minimum Gasteiger partial charge on any atom is -0.475 e. The van der Waals surface area contributed by atoms with E-state index < -0.39 is 12.1 Å². The number of halogens is 3. The molecule has 0 aromatic heterocycles. The molecule has 1 amide bonds. The van der Waals surface area contributed by atoms with Gasteiger partial charge in [-0.15, -0.1) is 0 Å². The molecule has 2 aliphatic rings. The zero-order chi connectivity index (χ0) is 19.2. The number of hydrogen-bond acceptors (Lipinski definition) is 4. The van der Waals surface area contributed by atoms with Crippen LogP contribution in [0.15, 0.2) is 30.3 Å². The van der Waals surface area contributed by atoms with Crippen LogP contribution >= 0.6 is 0 Å². The maximum Gasteiger partial charge on any atom is 0.490 e. The van der Waals surface area contributed by atoms with E-state index in [9.17, 15) is 18.0 Å². The van der Waals surface area contributed by atoms with Gasteiger partial charge in [-0.2, -0.15) is 13.2 Å². The summed E-state index contributed by atoms with van der Waals surface area (Å²) < 4.78 is 31.7. The molecule has 2 fully saturated rings. The van der Waals surface area contributed by atoms with Crippen LogP contribution in [0.5, 0.6) is 0 Å². The highest BCUT2D eigenvalue weighted by molar-refractivity contribution is 5.78. The maximum atomic E-state index is 12.6. The number of carbonyl (C=O) groups excluding carboxylic acids is 1. The number of hydrogen-bond donors (Lipinski definition) is 2. The Morgan fingerprint density at radius 3 is 2.23 bits per heavy atom. The van der Waals surface area contributed by atoms with Gasteiger partial charge < -0.3 is 10.4 Å². The molecule has 2 saturated heterocycles. The number of piperidine rings is 1. The number of nitrogens with zero attached hydrogens (tertiary/aromatic N) is 1. The molecule has 26 heavy (non-hydrogen) atoms. The Labute approximate surface area is 148 Å². The summed E-state index contributed by atoms with van der Waals surface area (Å²) in [6.07, 6.45) is -2.36. The maximum absolute atomic E-state index is 12.6. The number of aliphatic carboxylic acids is 1. The number of hydroxylamine groups is 2. The van der Waals surface area contributed by atoms with Crippen molar-refractivity contribution in [3.63, 3.8) is 0 Å². The van der Waals surface area contributed by atoms with Crippen molar-refractivity contribution in [1.82, 2.24) is 10.4 Å². The fourth-order valence-electron chi connectivity index (χ4n) is 2.91. The molecule has 3 rings (SSSR count). The van der Waals surface area contributed by atoms with E-state index in [1.165, 1.54) is 5.56 Å². The van der Waals surface area contributed by atoms with E-state index >= 15 is 0 Å². The highest BCUT2D eigenvalue weighted by Crippen LogP contribution is 2.32. The SMILES string of the molecule is O=C(C1CCNCC1)N1OCC[C@H]1c1ccccc1.O=C(O)C(F)(F)F. The Bertz CT molecular complexity index is 604. The summed E-state index contributed by atoms with van der Waals surface area (Å²) >= 11 is 0. The molecule has 1 aromatic rings. The fraction of sp³-hybridized carbons (Fsp3) is 0.529. The number of carboxylic acids is 1. The van der Waals surface area contributed by atoms with Crippen LogP contribution in [0.2, 0.25) is 0 Å². The second kappa shape index (κ2) is 9.00. The standard InChI is InChI=1S/C15H20N2O2.C2HF3O2/c18-15(13-6-9-16-10-7-13)17-14(8-11-19-17)12-4-2-1-3-5-12;3-2(4,5)1(6)7/h1-5,13-14,16H,6-11H2;(H,6,7)/t14-;/m0./s1. The predicted molar refractivity (Wildman–Crippen MR) is 85.9 cm³/mol. The van der Waals surface area contributed by atoms with E-state index in [-0.39, 0.29) is 17.9 Å². The normalized spacial score (nSPS) is 21.0. The molecule has 2 aliphatic heterocycles. The van der Waals surface area contributed by atoms with Crippen LogP contribution in [0.25, 0.3) is 0 Å². The quantitative estimate of drug-likeness (QED) is 0.832. The van der Waals surface area contributed by atoms with Crippen LogP contribution in [-0.2, 0) is 14.4 Å². The first-order chi connectivity index (χ1) is 12.3. The molecule has 144 valence electrons. The summed E-state index contributed by atoms with van der Waals surface area (Å²) in [5.41, 5.74) is 1.17. The van der Waals surface area contributed by atoms with Gasteiger partial charge in [0.15, 0.2) is 0 Å². The molecule has 1 atom stereocenters. The number of nitrogens with one attached hydrogen (secondary N) is 1.